The highest BCUT2D eigenvalue weighted by Gasteiger charge is 2.29. The summed E-state index contributed by atoms with van der Waals surface area (Å²) in [5.74, 6) is -1.11. The Balaban J connectivity index is 1.62. The van der Waals surface area contributed by atoms with E-state index in [-0.39, 0.29) is 23.6 Å². The van der Waals surface area contributed by atoms with Crippen molar-refractivity contribution in [3.8, 4) is 0 Å². The molecule has 0 unspecified atom stereocenters. The lowest BCUT2D eigenvalue weighted by atomic mass is 10.0. The van der Waals surface area contributed by atoms with Crippen molar-refractivity contribution in [1.82, 2.24) is 14.9 Å². The molecule has 0 radical (unpaired) electrons. The summed E-state index contributed by atoms with van der Waals surface area (Å²) in [6, 6.07) is 8.76. The van der Waals surface area contributed by atoms with Gasteiger partial charge in [-0.1, -0.05) is 18.2 Å². The molecule has 0 spiro atoms. The Labute approximate surface area is 167 Å². The number of carbonyl (C=O) groups is 2. The molecule has 4 rings (SSSR count). The zero-order chi connectivity index (χ0) is 20.5. The molecule has 1 aromatic carbocycles. The van der Waals surface area contributed by atoms with Crippen molar-refractivity contribution in [3.63, 3.8) is 0 Å². The van der Waals surface area contributed by atoms with Gasteiger partial charge in [0.1, 0.15) is 11.6 Å². The lowest BCUT2D eigenvalue weighted by Gasteiger charge is -2.17. The number of para-hydroxylation sites is 1. The molecule has 1 fully saturated rings. The van der Waals surface area contributed by atoms with Gasteiger partial charge in [-0.05, 0) is 43.0 Å². The van der Waals surface area contributed by atoms with E-state index in [1.807, 2.05) is 30.5 Å². The summed E-state index contributed by atoms with van der Waals surface area (Å²) in [7, 11) is 1.28. The van der Waals surface area contributed by atoms with Crippen LogP contribution in [0.15, 0.2) is 47.5 Å². The SMILES string of the molecule is COC(=O)[C@H](Cc1c[nH]c2ccccc12)NC(=O)c1c(C)ccn(C2CC2)c1=O. The van der Waals surface area contributed by atoms with Gasteiger partial charge in [-0.25, -0.2) is 4.79 Å². The quantitative estimate of drug-likeness (QED) is 0.629. The number of ether oxygens (including phenoxy) is 1. The van der Waals surface area contributed by atoms with Crippen LogP contribution in [0.2, 0.25) is 0 Å². The molecule has 0 bridgehead atoms. The summed E-state index contributed by atoms with van der Waals surface area (Å²) >= 11 is 0. The molecule has 1 aliphatic rings. The largest absolute Gasteiger partial charge is 0.467 e. The van der Waals surface area contributed by atoms with Gasteiger partial charge in [0.2, 0.25) is 0 Å². The van der Waals surface area contributed by atoms with Gasteiger partial charge < -0.3 is 19.6 Å². The highest BCUT2D eigenvalue weighted by molar-refractivity contribution is 5.98. The summed E-state index contributed by atoms with van der Waals surface area (Å²) in [5.41, 5.74) is 2.17. The second-order valence-corrected chi connectivity index (χ2v) is 7.43. The fraction of sp³-hybridized carbons (Fsp3) is 0.318. The number of nitrogens with zero attached hydrogens (tertiary/aromatic N) is 1. The summed E-state index contributed by atoms with van der Waals surface area (Å²) in [4.78, 5) is 41.3. The van der Waals surface area contributed by atoms with Crippen LogP contribution in [0.25, 0.3) is 10.9 Å². The van der Waals surface area contributed by atoms with E-state index in [1.54, 1.807) is 23.8 Å². The summed E-state index contributed by atoms with van der Waals surface area (Å²) < 4.78 is 6.50. The first-order valence-electron chi connectivity index (χ1n) is 9.65. The number of aromatic nitrogens is 2. The van der Waals surface area contributed by atoms with Crippen LogP contribution in [-0.2, 0) is 16.0 Å². The normalized spacial score (nSPS) is 14.6. The number of aryl methyl sites for hydroxylation is 1. The standard InChI is InChI=1S/C22H23N3O4/c1-13-9-10-25(15-7-8-15)21(27)19(13)20(26)24-18(22(28)29-2)11-14-12-23-17-6-4-3-5-16(14)17/h3-6,9-10,12,15,18,23H,7-8,11H2,1-2H3,(H,24,26)/t18-/m0/s1. The number of benzene rings is 1. The number of amides is 1. The third kappa shape index (κ3) is 3.68. The molecule has 7 heteroatoms. The average Bonchev–Trinajstić information content (AvgIpc) is 3.47. The molecule has 2 aromatic heterocycles. The predicted octanol–water partition coefficient (Wildman–Crippen LogP) is 2.49. The van der Waals surface area contributed by atoms with E-state index < -0.39 is 17.9 Å². The fourth-order valence-corrected chi connectivity index (χ4v) is 3.64. The number of rotatable bonds is 6. The van der Waals surface area contributed by atoms with Crippen molar-refractivity contribution in [2.45, 2.75) is 38.3 Å². The van der Waals surface area contributed by atoms with E-state index in [4.69, 9.17) is 4.74 Å². The van der Waals surface area contributed by atoms with Gasteiger partial charge in [0.15, 0.2) is 0 Å². The van der Waals surface area contributed by atoms with Crippen LogP contribution in [0, 0.1) is 6.92 Å². The van der Waals surface area contributed by atoms with Crippen LogP contribution in [0.5, 0.6) is 0 Å². The van der Waals surface area contributed by atoms with Crippen LogP contribution in [0.4, 0.5) is 0 Å². The Hall–Kier alpha value is -3.35. The molecule has 1 atom stereocenters. The molecule has 2 heterocycles. The molecule has 1 amide bonds. The van der Waals surface area contributed by atoms with E-state index in [2.05, 4.69) is 10.3 Å². The van der Waals surface area contributed by atoms with E-state index in [0.29, 0.717) is 5.56 Å². The Kier molecular flexibility index (Phi) is 4.96. The first kappa shape index (κ1) is 19.0. The molecule has 1 saturated carbocycles. The first-order valence-corrected chi connectivity index (χ1v) is 9.65. The van der Waals surface area contributed by atoms with Crippen LogP contribution in [0.3, 0.4) is 0 Å². The molecule has 0 saturated heterocycles. The van der Waals surface area contributed by atoms with Gasteiger partial charge in [0, 0.05) is 35.8 Å². The fourth-order valence-electron chi connectivity index (χ4n) is 3.64. The van der Waals surface area contributed by atoms with E-state index in [9.17, 15) is 14.4 Å². The monoisotopic (exact) mass is 393 g/mol. The number of fused-ring (bicyclic) bond motifs is 1. The molecule has 29 heavy (non-hydrogen) atoms. The Morgan fingerprint density at radius 3 is 2.76 bits per heavy atom. The van der Waals surface area contributed by atoms with Crippen molar-refractivity contribution in [2.75, 3.05) is 7.11 Å². The zero-order valence-corrected chi connectivity index (χ0v) is 16.4. The van der Waals surface area contributed by atoms with E-state index in [0.717, 1.165) is 29.3 Å². The van der Waals surface area contributed by atoms with E-state index >= 15 is 0 Å². The van der Waals surface area contributed by atoms with Gasteiger partial charge in [-0.15, -0.1) is 0 Å². The average molecular weight is 393 g/mol. The highest BCUT2D eigenvalue weighted by Crippen LogP contribution is 2.33. The number of esters is 1. The lowest BCUT2D eigenvalue weighted by molar-refractivity contribution is -0.142. The molecular formula is C22H23N3O4. The zero-order valence-electron chi connectivity index (χ0n) is 16.4. The van der Waals surface area contributed by atoms with Crippen LogP contribution >= 0.6 is 0 Å². The second-order valence-electron chi connectivity index (χ2n) is 7.43. The Bertz CT molecular complexity index is 1140. The Morgan fingerprint density at radius 1 is 1.28 bits per heavy atom. The minimum atomic E-state index is -0.903. The summed E-state index contributed by atoms with van der Waals surface area (Å²) in [6.07, 6.45) is 5.69. The minimum absolute atomic E-state index is 0.0761. The Morgan fingerprint density at radius 2 is 2.03 bits per heavy atom. The highest BCUT2D eigenvalue weighted by atomic mass is 16.5. The molecule has 2 N–H and O–H groups in total. The van der Waals surface area contributed by atoms with Crippen molar-refractivity contribution in [2.24, 2.45) is 0 Å². The van der Waals surface area contributed by atoms with Crippen LogP contribution in [0.1, 0.15) is 40.4 Å². The van der Waals surface area contributed by atoms with Crippen molar-refractivity contribution in [3.05, 3.63) is 69.8 Å². The number of carbonyl (C=O) groups excluding carboxylic acids is 2. The number of hydrogen-bond donors (Lipinski definition) is 2. The summed E-state index contributed by atoms with van der Waals surface area (Å²) in [6.45, 7) is 1.72. The van der Waals surface area contributed by atoms with Crippen LogP contribution < -0.4 is 10.9 Å². The molecule has 0 aliphatic heterocycles. The maximum absolute atomic E-state index is 13.0. The second kappa shape index (κ2) is 7.58. The number of pyridine rings is 1. The first-order chi connectivity index (χ1) is 14.0. The number of methoxy groups -OCH3 is 1. The molecule has 7 nitrogen and oxygen atoms in total. The predicted molar refractivity (Wildman–Crippen MR) is 109 cm³/mol. The molecule has 3 aromatic rings. The molecule has 150 valence electrons. The topological polar surface area (TPSA) is 93.2 Å². The van der Waals surface area contributed by atoms with Crippen molar-refractivity contribution < 1.29 is 14.3 Å². The number of hydrogen-bond acceptors (Lipinski definition) is 4. The van der Waals surface area contributed by atoms with Crippen LogP contribution in [-0.4, -0.2) is 34.6 Å². The van der Waals surface area contributed by atoms with Crippen molar-refractivity contribution in [1.29, 1.82) is 0 Å². The maximum Gasteiger partial charge on any atom is 0.328 e. The van der Waals surface area contributed by atoms with E-state index in [1.165, 1.54) is 7.11 Å². The number of H-pyrrole nitrogens is 1. The van der Waals surface area contributed by atoms with Gasteiger partial charge >= 0.3 is 5.97 Å². The summed E-state index contributed by atoms with van der Waals surface area (Å²) in [5, 5.41) is 3.69. The smallest absolute Gasteiger partial charge is 0.328 e. The van der Waals surface area contributed by atoms with Gasteiger partial charge in [-0.2, -0.15) is 0 Å². The minimum Gasteiger partial charge on any atom is -0.467 e. The number of aromatic amines is 1. The molecule has 1 aliphatic carbocycles. The van der Waals surface area contributed by atoms with Gasteiger partial charge in [-0.3, -0.25) is 9.59 Å². The lowest BCUT2D eigenvalue weighted by Crippen LogP contribution is -2.45. The molecular weight excluding hydrogens is 370 g/mol. The van der Waals surface area contributed by atoms with Gasteiger partial charge in [0.05, 0.1) is 7.11 Å². The maximum atomic E-state index is 13.0. The van der Waals surface area contributed by atoms with Gasteiger partial charge in [0.25, 0.3) is 11.5 Å². The van der Waals surface area contributed by atoms with Crippen molar-refractivity contribution >= 4 is 22.8 Å². The number of nitrogens with one attached hydrogen (secondary N) is 2. The third-order valence-corrected chi connectivity index (χ3v) is 5.39. The third-order valence-electron chi connectivity index (χ3n) is 5.39.